The van der Waals surface area contributed by atoms with Gasteiger partial charge in [0.25, 0.3) is 0 Å². The van der Waals surface area contributed by atoms with E-state index in [0.29, 0.717) is 19.5 Å². The predicted octanol–water partition coefficient (Wildman–Crippen LogP) is 0.764. The molecule has 0 bridgehead atoms. The number of likely N-dealkylation sites (tertiary alicyclic amines) is 1. The van der Waals surface area contributed by atoms with Crippen molar-refractivity contribution in [1.82, 2.24) is 14.7 Å². The Morgan fingerprint density at radius 3 is 2.46 bits per heavy atom. The number of urea groups is 1. The largest absolute Gasteiger partial charge is 0.337 e. The number of rotatable bonds is 5. The summed E-state index contributed by atoms with van der Waals surface area (Å²) in [4.78, 5) is 52.5. The first-order valence-corrected chi connectivity index (χ1v) is 7.67. The van der Waals surface area contributed by atoms with Crippen molar-refractivity contribution in [2.75, 3.05) is 13.1 Å². The van der Waals surface area contributed by atoms with Gasteiger partial charge in [0, 0.05) is 13.1 Å². The van der Waals surface area contributed by atoms with Crippen LogP contribution in [0.2, 0.25) is 0 Å². The molecule has 2 saturated heterocycles. The van der Waals surface area contributed by atoms with Gasteiger partial charge in [-0.15, -0.1) is 6.58 Å². The second kappa shape index (κ2) is 6.27. The number of hydrogen-bond acceptors (Lipinski definition) is 4. The summed E-state index contributed by atoms with van der Waals surface area (Å²) < 4.78 is 0. The Morgan fingerprint density at radius 1 is 1.08 bits per heavy atom. The van der Waals surface area contributed by atoms with Crippen molar-refractivity contribution < 1.29 is 19.2 Å². The SMILES string of the molecule is C=CCN1CCC(N2C(=O)C(=O)N(Cc3ccccc3)C2=O)C1=O. The van der Waals surface area contributed by atoms with Crippen LogP contribution in [0, 0.1) is 0 Å². The third-order valence-corrected chi connectivity index (χ3v) is 4.20. The normalized spacial score (nSPS) is 21.2. The second-order valence-electron chi connectivity index (χ2n) is 5.71. The van der Waals surface area contributed by atoms with E-state index in [1.54, 1.807) is 30.3 Å². The van der Waals surface area contributed by atoms with E-state index in [1.807, 2.05) is 6.07 Å². The molecule has 2 heterocycles. The van der Waals surface area contributed by atoms with Crippen LogP contribution in [0.4, 0.5) is 4.79 Å². The topological polar surface area (TPSA) is 78.0 Å². The summed E-state index contributed by atoms with van der Waals surface area (Å²) >= 11 is 0. The van der Waals surface area contributed by atoms with Gasteiger partial charge in [-0.2, -0.15) is 0 Å². The summed E-state index contributed by atoms with van der Waals surface area (Å²) in [5.74, 6) is -2.15. The lowest BCUT2D eigenvalue weighted by Gasteiger charge is -2.21. The third kappa shape index (κ3) is 2.58. The average Bonchev–Trinajstić information content (AvgIpc) is 3.03. The van der Waals surface area contributed by atoms with E-state index < -0.39 is 23.9 Å². The quantitative estimate of drug-likeness (QED) is 0.454. The highest BCUT2D eigenvalue weighted by Gasteiger charge is 2.51. The van der Waals surface area contributed by atoms with Gasteiger partial charge in [-0.05, 0) is 12.0 Å². The Kier molecular flexibility index (Phi) is 4.16. The fraction of sp³-hybridized carbons (Fsp3) is 0.294. The molecule has 0 radical (unpaired) electrons. The fourth-order valence-electron chi connectivity index (χ4n) is 3.00. The van der Waals surface area contributed by atoms with Gasteiger partial charge in [-0.25, -0.2) is 9.69 Å². The Labute approximate surface area is 139 Å². The number of carbonyl (C=O) groups is 4. The van der Waals surface area contributed by atoms with Crippen LogP contribution < -0.4 is 0 Å². The van der Waals surface area contributed by atoms with Gasteiger partial charge in [0.15, 0.2) is 0 Å². The lowest BCUT2D eigenvalue weighted by Crippen LogP contribution is -2.46. The van der Waals surface area contributed by atoms with Crippen molar-refractivity contribution >= 4 is 23.8 Å². The van der Waals surface area contributed by atoms with E-state index in [9.17, 15) is 19.2 Å². The van der Waals surface area contributed by atoms with Crippen molar-refractivity contribution in [3.63, 3.8) is 0 Å². The monoisotopic (exact) mass is 327 g/mol. The molecule has 2 aliphatic rings. The van der Waals surface area contributed by atoms with Crippen molar-refractivity contribution in [3.8, 4) is 0 Å². The maximum Gasteiger partial charge on any atom is 0.335 e. The van der Waals surface area contributed by atoms with Gasteiger partial charge in [0.1, 0.15) is 6.04 Å². The summed E-state index contributed by atoms with van der Waals surface area (Å²) in [6, 6.07) is 7.28. The van der Waals surface area contributed by atoms with Crippen LogP contribution in [0.25, 0.3) is 0 Å². The summed E-state index contributed by atoms with van der Waals surface area (Å²) in [7, 11) is 0. The minimum absolute atomic E-state index is 0.0119. The molecule has 1 aromatic rings. The molecule has 1 unspecified atom stereocenters. The number of carbonyl (C=O) groups excluding carboxylic acids is 4. The second-order valence-corrected chi connectivity index (χ2v) is 5.71. The van der Waals surface area contributed by atoms with Crippen molar-refractivity contribution in [3.05, 3.63) is 48.6 Å². The molecule has 0 N–H and O–H groups in total. The van der Waals surface area contributed by atoms with Crippen LogP contribution >= 0.6 is 0 Å². The number of amides is 5. The maximum absolute atomic E-state index is 12.5. The molecule has 0 aliphatic carbocycles. The highest BCUT2D eigenvalue weighted by Crippen LogP contribution is 2.24. The molecule has 2 fully saturated rings. The van der Waals surface area contributed by atoms with Crippen LogP contribution in [0.15, 0.2) is 43.0 Å². The first-order chi connectivity index (χ1) is 11.5. The smallest absolute Gasteiger partial charge is 0.335 e. The fourth-order valence-corrected chi connectivity index (χ4v) is 3.00. The molecule has 7 heteroatoms. The highest BCUT2D eigenvalue weighted by atomic mass is 16.2. The van der Waals surface area contributed by atoms with E-state index in [0.717, 1.165) is 15.4 Å². The standard InChI is InChI=1S/C17H17N3O4/c1-2-9-18-10-8-13(14(18)21)20-16(23)15(22)19(17(20)24)11-12-6-4-3-5-7-12/h2-7,13H,1,8-11H2. The van der Waals surface area contributed by atoms with Crippen molar-refractivity contribution in [2.45, 2.75) is 19.0 Å². The highest BCUT2D eigenvalue weighted by molar-refractivity contribution is 6.45. The van der Waals surface area contributed by atoms with E-state index in [2.05, 4.69) is 6.58 Å². The molecule has 0 aromatic heterocycles. The summed E-state index contributed by atoms with van der Waals surface area (Å²) in [6.07, 6.45) is 1.91. The van der Waals surface area contributed by atoms with Gasteiger partial charge in [0.05, 0.1) is 6.54 Å². The Morgan fingerprint density at radius 2 is 1.79 bits per heavy atom. The molecule has 2 aliphatic heterocycles. The van der Waals surface area contributed by atoms with Crippen LogP contribution in [0.1, 0.15) is 12.0 Å². The van der Waals surface area contributed by atoms with Gasteiger partial charge in [0.2, 0.25) is 5.91 Å². The van der Waals surface area contributed by atoms with E-state index in [-0.39, 0.29) is 12.5 Å². The lowest BCUT2D eigenvalue weighted by molar-refractivity contribution is -0.145. The zero-order valence-corrected chi connectivity index (χ0v) is 13.1. The van der Waals surface area contributed by atoms with E-state index in [4.69, 9.17) is 0 Å². The summed E-state index contributed by atoms with van der Waals surface area (Å²) in [5.41, 5.74) is 0.736. The first kappa shape index (κ1) is 15.9. The van der Waals surface area contributed by atoms with Crippen LogP contribution in [-0.2, 0) is 20.9 Å². The molecule has 24 heavy (non-hydrogen) atoms. The third-order valence-electron chi connectivity index (χ3n) is 4.20. The van der Waals surface area contributed by atoms with Gasteiger partial charge >= 0.3 is 17.8 Å². The zero-order chi connectivity index (χ0) is 17.3. The lowest BCUT2D eigenvalue weighted by atomic mass is 10.2. The number of hydrogen-bond donors (Lipinski definition) is 0. The van der Waals surface area contributed by atoms with Gasteiger partial charge < -0.3 is 4.90 Å². The van der Waals surface area contributed by atoms with Crippen molar-refractivity contribution in [1.29, 1.82) is 0 Å². The van der Waals surface area contributed by atoms with E-state index >= 15 is 0 Å². The number of imide groups is 2. The molecule has 3 rings (SSSR count). The Balaban J connectivity index is 1.80. The Hall–Kier alpha value is -2.96. The van der Waals surface area contributed by atoms with Crippen molar-refractivity contribution in [2.24, 2.45) is 0 Å². The van der Waals surface area contributed by atoms with Crippen LogP contribution in [0.3, 0.4) is 0 Å². The zero-order valence-electron chi connectivity index (χ0n) is 13.1. The average molecular weight is 327 g/mol. The molecule has 124 valence electrons. The van der Waals surface area contributed by atoms with Gasteiger partial charge in [-0.1, -0.05) is 36.4 Å². The molecule has 7 nitrogen and oxygen atoms in total. The van der Waals surface area contributed by atoms with Crippen LogP contribution in [0.5, 0.6) is 0 Å². The Bertz CT molecular complexity index is 716. The predicted molar refractivity (Wildman–Crippen MR) is 84.4 cm³/mol. The molecule has 5 amide bonds. The molecule has 0 saturated carbocycles. The number of benzene rings is 1. The molecule has 0 spiro atoms. The minimum atomic E-state index is -0.935. The minimum Gasteiger partial charge on any atom is -0.337 e. The first-order valence-electron chi connectivity index (χ1n) is 7.67. The van der Waals surface area contributed by atoms with Crippen LogP contribution in [-0.4, -0.2) is 57.6 Å². The molecule has 1 atom stereocenters. The summed E-state index contributed by atoms with van der Waals surface area (Å²) in [6.45, 7) is 4.37. The molecule has 1 aromatic carbocycles. The van der Waals surface area contributed by atoms with E-state index in [1.165, 1.54) is 4.90 Å². The molecular weight excluding hydrogens is 310 g/mol. The maximum atomic E-state index is 12.5. The number of nitrogens with zero attached hydrogens (tertiary/aromatic N) is 3. The van der Waals surface area contributed by atoms with Gasteiger partial charge in [-0.3, -0.25) is 19.3 Å². The summed E-state index contributed by atoms with van der Waals surface area (Å²) in [5, 5.41) is 0. The molecular formula is C17H17N3O4.